The van der Waals surface area contributed by atoms with E-state index in [1.165, 1.54) is 32.3 Å². The van der Waals surface area contributed by atoms with Gasteiger partial charge in [-0.05, 0) is 29.3 Å². The van der Waals surface area contributed by atoms with Crippen LogP contribution in [-0.2, 0) is 27.9 Å². The predicted molar refractivity (Wildman–Crippen MR) is 101 cm³/mol. The topological polar surface area (TPSA) is 75.7 Å². The van der Waals surface area contributed by atoms with Gasteiger partial charge in [-0.25, -0.2) is 12.7 Å². The quantitative estimate of drug-likeness (QED) is 0.780. The van der Waals surface area contributed by atoms with Crippen molar-refractivity contribution < 1.29 is 17.9 Å². The van der Waals surface area contributed by atoms with Crippen LogP contribution >= 0.6 is 11.6 Å². The number of carbonyl (C=O) groups is 1. The predicted octanol–water partition coefficient (Wildman–Crippen LogP) is 2.67. The highest BCUT2D eigenvalue weighted by molar-refractivity contribution is 7.89. The summed E-state index contributed by atoms with van der Waals surface area (Å²) in [5.41, 5.74) is 1.99. The molecule has 140 valence electrons. The number of amides is 1. The molecule has 0 saturated carbocycles. The van der Waals surface area contributed by atoms with Crippen LogP contribution in [0.1, 0.15) is 21.5 Å². The van der Waals surface area contributed by atoms with E-state index >= 15 is 0 Å². The van der Waals surface area contributed by atoms with Crippen molar-refractivity contribution in [3.05, 3.63) is 64.2 Å². The molecule has 0 unspecified atom stereocenters. The highest BCUT2D eigenvalue weighted by Gasteiger charge is 2.20. The summed E-state index contributed by atoms with van der Waals surface area (Å²) in [6.45, 7) is 0.711. The molecule has 0 fully saturated rings. The van der Waals surface area contributed by atoms with Crippen molar-refractivity contribution in [1.29, 1.82) is 0 Å². The number of hydrogen-bond acceptors (Lipinski definition) is 4. The molecule has 0 aliphatic rings. The van der Waals surface area contributed by atoms with Gasteiger partial charge in [-0.3, -0.25) is 4.79 Å². The fourth-order valence-electron chi connectivity index (χ4n) is 2.35. The van der Waals surface area contributed by atoms with E-state index in [0.717, 1.165) is 15.4 Å². The number of ether oxygens (including phenoxy) is 1. The molecule has 0 aromatic heterocycles. The maximum absolute atomic E-state index is 12.5. The number of methoxy groups -OCH3 is 1. The second-order valence-electron chi connectivity index (χ2n) is 5.81. The van der Waals surface area contributed by atoms with Crippen molar-refractivity contribution in [2.24, 2.45) is 0 Å². The van der Waals surface area contributed by atoms with Gasteiger partial charge in [-0.1, -0.05) is 35.9 Å². The monoisotopic (exact) mass is 396 g/mol. The molecule has 0 heterocycles. The lowest BCUT2D eigenvalue weighted by Crippen LogP contribution is -2.25. The second kappa shape index (κ2) is 8.64. The van der Waals surface area contributed by atoms with E-state index in [1.807, 2.05) is 24.3 Å². The first-order chi connectivity index (χ1) is 12.3. The van der Waals surface area contributed by atoms with Gasteiger partial charge in [0.1, 0.15) is 0 Å². The molecule has 2 aromatic rings. The van der Waals surface area contributed by atoms with E-state index in [0.29, 0.717) is 6.61 Å². The van der Waals surface area contributed by atoms with E-state index in [4.69, 9.17) is 16.3 Å². The lowest BCUT2D eigenvalue weighted by Gasteiger charge is -2.14. The number of rotatable bonds is 7. The number of halogens is 1. The average molecular weight is 397 g/mol. The van der Waals surface area contributed by atoms with Crippen LogP contribution in [0, 0.1) is 0 Å². The van der Waals surface area contributed by atoms with Crippen LogP contribution < -0.4 is 5.32 Å². The van der Waals surface area contributed by atoms with Gasteiger partial charge in [0.05, 0.1) is 22.1 Å². The van der Waals surface area contributed by atoms with Crippen molar-refractivity contribution in [2.45, 2.75) is 18.0 Å². The first-order valence-corrected chi connectivity index (χ1v) is 9.65. The number of sulfonamides is 1. The van der Waals surface area contributed by atoms with Crippen LogP contribution in [0.5, 0.6) is 0 Å². The maximum atomic E-state index is 12.5. The number of nitrogens with one attached hydrogen (secondary N) is 1. The Morgan fingerprint density at radius 1 is 1.15 bits per heavy atom. The first-order valence-electron chi connectivity index (χ1n) is 7.83. The molecule has 6 nitrogen and oxygen atoms in total. The Hall–Kier alpha value is -1.93. The molecule has 0 bridgehead atoms. The van der Waals surface area contributed by atoms with Gasteiger partial charge in [0.15, 0.2) is 0 Å². The molecule has 0 spiro atoms. The van der Waals surface area contributed by atoms with E-state index in [2.05, 4.69) is 5.32 Å². The zero-order valence-corrected chi connectivity index (χ0v) is 16.4. The number of carbonyl (C=O) groups excluding carboxylic acids is 1. The van der Waals surface area contributed by atoms with Gasteiger partial charge in [0.25, 0.3) is 5.91 Å². The molecule has 0 aliphatic heterocycles. The molecule has 0 radical (unpaired) electrons. The summed E-state index contributed by atoms with van der Waals surface area (Å²) >= 11 is 6.09. The summed E-state index contributed by atoms with van der Waals surface area (Å²) < 4.78 is 30.7. The Bertz CT molecular complexity index is 898. The zero-order chi connectivity index (χ0) is 19.3. The lowest BCUT2D eigenvalue weighted by molar-refractivity contribution is 0.0950. The highest BCUT2D eigenvalue weighted by Crippen LogP contribution is 2.22. The summed E-state index contributed by atoms with van der Waals surface area (Å²) in [6.07, 6.45) is 0. The Morgan fingerprint density at radius 2 is 1.81 bits per heavy atom. The Balaban J connectivity index is 2.23. The van der Waals surface area contributed by atoms with Crippen molar-refractivity contribution >= 4 is 27.5 Å². The normalized spacial score (nSPS) is 11.6. The molecular formula is C18H21ClN2O4S. The summed E-state index contributed by atoms with van der Waals surface area (Å²) in [6, 6.07) is 11.7. The van der Waals surface area contributed by atoms with Crippen molar-refractivity contribution in [1.82, 2.24) is 9.62 Å². The molecular weight excluding hydrogens is 376 g/mol. The Kier molecular flexibility index (Phi) is 6.77. The average Bonchev–Trinajstić information content (AvgIpc) is 2.61. The summed E-state index contributed by atoms with van der Waals surface area (Å²) in [4.78, 5) is 12.5. The Labute approximate surface area is 158 Å². The van der Waals surface area contributed by atoms with Gasteiger partial charge in [-0.15, -0.1) is 0 Å². The molecule has 2 rings (SSSR count). The minimum atomic E-state index is -3.65. The fourth-order valence-corrected chi connectivity index (χ4v) is 3.48. The van der Waals surface area contributed by atoms with E-state index < -0.39 is 15.9 Å². The molecule has 1 N–H and O–H groups in total. The standard InChI is InChI=1S/C18H21ClN2O4S/c1-21(2)26(23,24)15-8-9-17(19)16(10-15)18(22)20-11-13-6-4-5-7-14(13)12-25-3/h4-10H,11-12H2,1-3H3,(H,20,22). The molecule has 0 saturated heterocycles. The maximum Gasteiger partial charge on any atom is 0.253 e. The van der Waals surface area contributed by atoms with Gasteiger partial charge in [0, 0.05) is 27.7 Å². The molecule has 8 heteroatoms. The van der Waals surface area contributed by atoms with Crippen LogP contribution in [0.2, 0.25) is 5.02 Å². The van der Waals surface area contributed by atoms with Gasteiger partial charge >= 0.3 is 0 Å². The third-order valence-electron chi connectivity index (χ3n) is 3.82. The van der Waals surface area contributed by atoms with Crippen molar-refractivity contribution in [2.75, 3.05) is 21.2 Å². The summed E-state index contributed by atoms with van der Waals surface area (Å²) in [5, 5.41) is 2.96. The van der Waals surface area contributed by atoms with Crippen LogP contribution in [0.15, 0.2) is 47.4 Å². The number of hydrogen-bond donors (Lipinski definition) is 1. The van der Waals surface area contributed by atoms with Crippen molar-refractivity contribution in [3.8, 4) is 0 Å². The van der Waals surface area contributed by atoms with E-state index in [1.54, 1.807) is 7.11 Å². The Morgan fingerprint density at radius 3 is 2.42 bits per heavy atom. The molecule has 2 aromatic carbocycles. The smallest absolute Gasteiger partial charge is 0.253 e. The fraction of sp³-hybridized carbons (Fsp3) is 0.278. The summed E-state index contributed by atoms with van der Waals surface area (Å²) in [5.74, 6) is -0.446. The third kappa shape index (κ3) is 4.62. The minimum absolute atomic E-state index is 0.0110. The number of benzene rings is 2. The van der Waals surface area contributed by atoms with Crippen molar-refractivity contribution in [3.63, 3.8) is 0 Å². The van der Waals surface area contributed by atoms with Crippen LogP contribution in [0.3, 0.4) is 0 Å². The highest BCUT2D eigenvalue weighted by atomic mass is 35.5. The van der Waals surface area contributed by atoms with Gasteiger partial charge < -0.3 is 10.1 Å². The minimum Gasteiger partial charge on any atom is -0.380 e. The molecule has 1 amide bonds. The SMILES string of the molecule is COCc1ccccc1CNC(=O)c1cc(S(=O)(=O)N(C)C)ccc1Cl. The third-order valence-corrected chi connectivity index (χ3v) is 5.96. The lowest BCUT2D eigenvalue weighted by atomic mass is 10.1. The van der Waals surface area contributed by atoms with Gasteiger partial charge in [0.2, 0.25) is 10.0 Å². The summed E-state index contributed by atoms with van der Waals surface area (Å²) in [7, 11) is 0.804. The molecule has 26 heavy (non-hydrogen) atoms. The zero-order valence-electron chi connectivity index (χ0n) is 14.8. The van der Waals surface area contributed by atoms with E-state index in [-0.39, 0.29) is 22.0 Å². The first kappa shape index (κ1) is 20.4. The second-order valence-corrected chi connectivity index (χ2v) is 8.37. The molecule has 0 aliphatic carbocycles. The largest absolute Gasteiger partial charge is 0.380 e. The number of nitrogens with zero attached hydrogens (tertiary/aromatic N) is 1. The van der Waals surface area contributed by atoms with Crippen LogP contribution in [0.4, 0.5) is 0 Å². The van der Waals surface area contributed by atoms with Crippen LogP contribution in [0.25, 0.3) is 0 Å². The van der Waals surface area contributed by atoms with Gasteiger partial charge in [-0.2, -0.15) is 0 Å². The van der Waals surface area contributed by atoms with E-state index in [9.17, 15) is 13.2 Å². The van der Waals surface area contributed by atoms with Crippen LogP contribution in [-0.4, -0.2) is 39.8 Å². The molecule has 0 atom stereocenters.